The molecule has 0 saturated carbocycles. The molecule has 7 heteroatoms. The van der Waals surface area contributed by atoms with Crippen LogP contribution in [0.3, 0.4) is 0 Å². The minimum atomic E-state index is -0.363. The van der Waals surface area contributed by atoms with Gasteiger partial charge in [0.25, 0.3) is 5.91 Å². The average Bonchev–Trinajstić information content (AvgIpc) is 3.24. The number of ketones is 1. The molecular formula is C24H26N4O3. The third kappa shape index (κ3) is 7.09. The van der Waals surface area contributed by atoms with Gasteiger partial charge >= 0.3 is 0 Å². The number of aromatic nitrogens is 2. The summed E-state index contributed by atoms with van der Waals surface area (Å²) in [6.45, 7) is 3.76. The fourth-order valence-electron chi connectivity index (χ4n) is 2.63. The van der Waals surface area contributed by atoms with Gasteiger partial charge in [0.1, 0.15) is 5.75 Å². The van der Waals surface area contributed by atoms with E-state index in [4.69, 9.17) is 10.6 Å². The molecule has 7 nitrogen and oxygen atoms in total. The van der Waals surface area contributed by atoms with E-state index in [9.17, 15) is 9.59 Å². The van der Waals surface area contributed by atoms with Gasteiger partial charge in [0.15, 0.2) is 5.78 Å². The number of carbonyl (C=O) groups excluding carboxylic acids is 2. The standard InChI is InChI=1S/C14H16N4O2.C10H10O/c1-10-8-18(9-16-10)12-5-3-11(7-13(12)20-2)4-6-14(19)17-15;1-2-6-10(11)9-7-4-3-5-8-9/h3-9H,15H2,1-2H3,(H,17,19);2-8H,1H3/b6-4+;. The normalized spacial score (nSPS) is 10.6. The average molecular weight is 418 g/mol. The summed E-state index contributed by atoms with van der Waals surface area (Å²) in [5, 5.41) is 0. The first-order chi connectivity index (χ1) is 15.0. The van der Waals surface area contributed by atoms with Crippen LogP contribution < -0.4 is 16.0 Å². The van der Waals surface area contributed by atoms with Crippen LogP contribution in [0.5, 0.6) is 5.75 Å². The number of hydrazine groups is 1. The molecule has 1 amide bonds. The maximum atomic E-state index is 11.2. The van der Waals surface area contributed by atoms with E-state index in [1.54, 1.807) is 31.7 Å². The number of rotatable bonds is 6. The van der Waals surface area contributed by atoms with E-state index in [0.717, 1.165) is 22.5 Å². The number of allylic oxidation sites excluding steroid dienone is 2. The van der Waals surface area contributed by atoms with E-state index in [2.05, 4.69) is 4.98 Å². The molecule has 0 unspecified atom stereocenters. The number of nitrogens with zero attached hydrogens (tertiary/aromatic N) is 2. The second kappa shape index (κ2) is 11.9. The lowest BCUT2D eigenvalue weighted by molar-refractivity contribution is -0.116. The Balaban J connectivity index is 0.000000262. The number of nitrogens with one attached hydrogen (secondary N) is 1. The summed E-state index contributed by atoms with van der Waals surface area (Å²) < 4.78 is 7.26. The molecule has 0 bridgehead atoms. The molecule has 2 aromatic carbocycles. The molecule has 0 fully saturated rings. The number of amides is 1. The molecular weight excluding hydrogens is 392 g/mol. The van der Waals surface area contributed by atoms with Crippen LogP contribution >= 0.6 is 0 Å². The first kappa shape index (κ1) is 23.3. The van der Waals surface area contributed by atoms with E-state index in [1.165, 1.54) is 6.08 Å². The lowest BCUT2D eigenvalue weighted by Gasteiger charge is -2.09. The van der Waals surface area contributed by atoms with Crippen molar-refractivity contribution in [2.45, 2.75) is 13.8 Å². The lowest BCUT2D eigenvalue weighted by atomic mass is 10.1. The molecule has 0 saturated heterocycles. The molecule has 1 aromatic heterocycles. The number of hydrogen-bond donors (Lipinski definition) is 2. The third-order valence-electron chi connectivity index (χ3n) is 4.14. The van der Waals surface area contributed by atoms with E-state index in [1.807, 2.05) is 78.6 Å². The number of nitrogens with two attached hydrogens (primary N) is 1. The van der Waals surface area contributed by atoms with Crippen molar-refractivity contribution in [2.24, 2.45) is 5.84 Å². The van der Waals surface area contributed by atoms with Crippen LogP contribution in [0, 0.1) is 6.92 Å². The monoisotopic (exact) mass is 418 g/mol. The number of carbonyl (C=O) groups is 2. The number of benzene rings is 2. The summed E-state index contributed by atoms with van der Waals surface area (Å²) in [6.07, 6.45) is 9.97. The molecule has 0 radical (unpaired) electrons. The minimum Gasteiger partial charge on any atom is -0.495 e. The maximum absolute atomic E-state index is 11.2. The zero-order valence-corrected chi connectivity index (χ0v) is 17.8. The Hall–Kier alpha value is -3.97. The Kier molecular flexibility index (Phi) is 8.94. The summed E-state index contributed by atoms with van der Waals surface area (Å²) in [6, 6.07) is 14.9. The Bertz CT molecular complexity index is 1070. The summed E-state index contributed by atoms with van der Waals surface area (Å²) in [5.74, 6) is 5.40. The predicted molar refractivity (Wildman–Crippen MR) is 122 cm³/mol. The van der Waals surface area contributed by atoms with Crippen molar-refractivity contribution in [1.82, 2.24) is 15.0 Å². The summed E-state index contributed by atoms with van der Waals surface area (Å²) in [5.41, 5.74) is 5.42. The zero-order chi connectivity index (χ0) is 22.6. The molecule has 3 N–H and O–H groups in total. The quantitative estimate of drug-likeness (QED) is 0.209. The van der Waals surface area contributed by atoms with Gasteiger partial charge in [-0.05, 0) is 43.7 Å². The fourth-order valence-corrected chi connectivity index (χ4v) is 2.63. The van der Waals surface area contributed by atoms with Crippen molar-refractivity contribution in [3.8, 4) is 11.4 Å². The Morgan fingerprint density at radius 1 is 1.13 bits per heavy atom. The molecule has 0 aliphatic heterocycles. The Morgan fingerprint density at radius 2 is 1.87 bits per heavy atom. The molecule has 0 atom stereocenters. The molecule has 0 aliphatic carbocycles. The number of ether oxygens (including phenoxy) is 1. The van der Waals surface area contributed by atoms with Gasteiger partial charge < -0.3 is 9.30 Å². The highest BCUT2D eigenvalue weighted by molar-refractivity contribution is 6.04. The highest BCUT2D eigenvalue weighted by Crippen LogP contribution is 2.25. The van der Waals surface area contributed by atoms with Gasteiger partial charge in [-0.15, -0.1) is 0 Å². The van der Waals surface area contributed by atoms with Crippen molar-refractivity contribution < 1.29 is 14.3 Å². The predicted octanol–water partition coefficient (Wildman–Crippen LogP) is 3.64. The zero-order valence-electron chi connectivity index (χ0n) is 17.8. The van der Waals surface area contributed by atoms with Crippen molar-refractivity contribution in [3.63, 3.8) is 0 Å². The largest absolute Gasteiger partial charge is 0.495 e. The van der Waals surface area contributed by atoms with Crippen LogP contribution in [0.15, 0.2) is 79.3 Å². The van der Waals surface area contributed by atoms with Gasteiger partial charge in [-0.3, -0.25) is 15.0 Å². The smallest absolute Gasteiger partial charge is 0.257 e. The summed E-state index contributed by atoms with van der Waals surface area (Å²) in [4.78, 5) is 26.4. The van der Waals surface area contributed by atoms with Crippen LogP contribution in [0.1, 0.15) is 28.5 Å². The number of aryl methyl sites for hydroxylation is 1. The van der Waals surface area contributed by atoms with Gasteiger partial charge in [0.2, 0.25) is 0 Å². The molecule has 160 valence electrons. The third-order valence-corrected chi connectivity index (χ3v) is 4.14. The molecule has 0 aliphatic rings. The minimum absolute atomic E-state index is 0.0631. The van der Waals surface area contributed by atoms with Crippen LogP contribution in [0.2, 0.25) is 0 Å². The Labute approximate surface area is 181 Å². The molecule has 0 spiro atoms. The van der Waals surface area contributed by atoms with Crippen LogP contribution in [-0.4, -0.2) is 28.4 Å². The maximum Gasteiger partial charge on any atom is 0.257 e. The topological polar surface area (TPSA) is 99.2 Å². The van der Waals surface area contributed by atoms with Crippen molar-refractivity contribution in [3.05, 3.63) is 96.1 Å². The highest BCUT2D eigenvalue weighted by Gasteiger charge is 2.06. The number of imidazole rings is 1. The number of hydrogen-bond acceptors (Lipinski definition) is 5. The van der Waals surface area contributed by atoms with E-state index >= 15 is 0 Å². The van der Waals surface area contributed by atoms with Gasteiger partial charge in [-0.1, -0.05) is 42.5 Å². The lowest BCUT2D eigenvalue weighted by Crippen LogP contribution is -2.27. The highest BCUT2D eigenvalue weighted by atomic mass is 16.5. The second-order valence-electron chi connectivity index (χ2n) is 6.43. The second-order valence-corrected chi connectivity index (χ2v) is 6.43. The van der Waals surface area contributed by atoms with Crippen molar-refractivity contribution in [2.75, 3.05) is 7.11 Å². The summed E-state index contributed by atoms with van der Waals surface area (Å²) in [7, 11) is 1.60. The van der Waals surface area contributed by atoms with Gasteiger partial charge in [0.05, 0.1) is 24.8 Å². The van der Waals surface area contributed by atoms with Crippen LogP contribution in [0.25, 0.3) is 11.8 Å². The van der Waals surface area contributed by atoms with E-state index in [-0.39, 0.29) is 11.7 Å². The van der Waals surface area contributed by atoms with Crippen molar-refractivity contribution in [1.29, 1.82) is 0 Å². The first-order valence-electron chi connectivity index (χ1n) is 9.58. The summed E-state index contributed by atoms with van der Waals surface area (Å²) >= 11 is 0. The van der Waals surface area contributed by atoms with Crippen LogP contribution in [0.4, 0.5) is 0 Å². The van der Waals surface area contributed by atoms with E-state index in [0.29, 0.717) is 5.75 Å². The van der Waals surface area contributed by atoms with Crippen LogP contribution in [-0.2, 0) is 4.79 Å². The molecule has 3 rings (SSSR count). The van der Waals surface area contributed by atoms with E-state index < -0.39 is 0 Å². The molecule has 31 heavy (non-hydrogen) atoms. The van der Waals surface area contributed by atoms with Gasteiger partial charge in [-0.25, -0.2) is 10.8 Å². The van der Waals surface area contributed by atoms with Gasteiger partial charge in [0, 0.05) is 17.8 Å². The van der Waals surface area contributed by atoms with Crippen molar-refractivity contribution >= 4 is 17.8 Å². The first-order valence-corrected chi connectivity index (χ1v) is 9.58. The number of methoxy groups -OCH3 is 1. The SMILES string of the molecule is CC=CC(=O)c1ccccc1.COc1cc(/C=C/C(=O)NN)ccc1-n1cnc(C)c1. The fraction of sp³-hybridized carbons (Fsp3) is 0.125. The Morgan fingerprint density at radius 3 is 2.45 bits per heavy atom. The molecule has 3 aromatic rings. The molecule has 1 heterocycles. The van der Waals surface area contributed by atoms with Gasteiger partial charge in [-0.2, -0.15) is 0 Å².